The summed E-state index contributed by atoms with van der Waals surface area (Å²) in [6.45, 7) is 2.99. The van der Waals surface area contributed by atoms with Crippen LogP contribution in [0.4, 0.5) is 0 Å². The minimum Gasteiger partial charge on any atom is -0.485 e. The molecular weight excluding hydrogens is 236 g/mol. The number of aliphatic hydroxyl groups excluding tert-OH is 1. The third-order valence-corrected chi connectivity index (χ3v) is 2.62. The average Bonchev–Trinajstić information content (AvgIpc) is 2.34. The second-order valence-electron chi connectivity index (χ2n) is 3.97. The van der Waals surface area contributed by atoms with Crippen molar-refractivity contribution in [1.29, 1.82) is 0 Å². The summed E-state index contributed by atoms with van der Waals surface area (Å²) in [6.07, 6.45) is -1.33. The molecule has 0 bridgehead atoms. The summed E-state index contributed by atoms with van der Waals surface area (Å²) >= 11 is 0. The van der Waals surface area contributed by atoms with Gasteiger partial charge in [-0.25, -0.2) is 4.79 Å². The van der Waals surface area contributed by atoms with Crippen molar-refractivity contribution in [2.24, 2.45) is 0 Å². The summed E-state index contributed by atoms with van der Waals surface area (Å²) < 4.78 is 15.4. The minimum atomic E-state index is -1.32. The Morgan fingerprint density at radius 3 is 2.83 bits per heavy atom. The number of carbonyl (C=O) groups is 1. The third kappa shape index (κ3) is 2.80. The Morgan fingerprint density at radius 1 is 1.50 bits per heavy atom. The van der Waals surface area contributed by atoms with E-state index in [0.29, 0.717) is 24.5 Å². The van der Waals surface area contributed by atoms with Crippen LogP contribution in [0, 0.1) is 0 Å². The first kappa shape index (κ1) is 12.9. The molecule has 0 spiro atoms. The van der Waals surface area contributed by atoms with Crippen molar-refractivity contribution in [2.75, 3.05) is 19.8 Å². The molecule has 0 amide bonds. The van der Waals surface area contributed by atoms with Crippen molar-refractivity contribution >= 4 is 5.97 Å². The van der Waals surface area contributed by atoms with E-state index < -0.39 is 12.1 Å². The summed E-state index contributed by atoms with van der Waals surface area (Å²) in [4.78, 5) is 11.5. The van der Waals surface area contributed by atoms with Gasteiger partial charge in [0.2, 0.25) is 0 Å². The second kappa shape index (κ2) is 5.84. The van der Waals surface area contributed by atoms with Gasteiger partial charge in [0.05, 0.1) is 19.8 Å². The molecule has 0 aliphatic carbocycles. The lowest BCUT2D eigenvalue weighted by Crippen LogP contribution is -2.38. The largest absolute Gasteiger partial charge is 0.485 e. The van der Waals surface area contributed by atoms with Crippen molar-refractivity contribution in [3.8, 4) is 5.75 Å². The number of ether oxygens (including phenoxy) is 3. The first-order chi connectivity index (χ1) is 8.72. The summed E-state index contributed by atoms with van der Waals surface area (Å²) in [5.41, 5.74) is 0.419. The molecule has 1 N–H and O–H groups in total. The lowest BCUT2D eigenvalue weighted by molar-refractivity contribution is -0.153. The normalized spacial score (nSPS) is 16.8. The zero-order valence-electron chi connectivity index (χ0n) is 10.2. The quantitative estimate of drug-likeness (QED) is 0.794. The van der Waals surface area contributed by atoms with E-state index in [0.717, 1.165) is 0 Å². The highest BCUT2D eigenvalue weighted by Crippen LogP contribution is 2.27. The molecule has 0 radical (unpaired) electrons. The number of hydrogen-bond donors (Lipinski definition) is 1. The molecule has 1 aromatic rings. The number of para-hydroxylation sites is 1. The van der Waals surface area contributed by atoms with Gasteiger partial charge in [-0.1, -0.05) is 18.2 Å². The fourth-order valence-corrected chi connectivity index (χ4v) is 1.62. The van der Waals surface area contributed by atoms with Crippen LogP contribution >= 0.6 is 0 Å². The van der Waals surface area contributed by atoms with Crippen LogP contribution in [-0.4, -0.2) is 37.0 Å². The highest BCUT2D eigenvalue weighted by molar-refractivity contribution is 5.77. The standard InChI is InChI=1S/C13H16O5/c1-2-17-13(15)12(14)10-5-3-4-6-11(10)18-9-7-16-8-9/h3-6,9,12,14H,2,7-8H2,1H3. The number of rotatable bonds is 5. The minimum absolute atomic E-state index is 0.0134. The van der Waals surface area contributed by atoms with Gasteiger partial charge in [-0.15, -0.1) is 0 Å². The predicted octanol–water partition coefficient (Wildman–Crippen LogP) is 1.06. The van der Waals surface area contributed by atoms with E-state index in [1.807, 2.05) is 0 Å². The van der Waals surface area contributed by atoms with E-state index in [-0.39, 0.29) is 12.7 Å². The van der Waals surface area contributed by atoms with Crippen LogP contribution in [-0.2, 0) is 14.3 Å². The first-order valence-electron chi connectivity index (χ1n) is 5.90. The van der Waals surface area contributed by atoms with Crippen LogP contribution in [0.5, 0.6) is 5.75 Å². The van der Waals surface area contributed by atoms with Gasteiger partial charge in [0.25, 0.3) is 0 Å². The zero-order chi connectivity index (χ0) is 13.0. The molecule has 2 rings (SSSR count). The number of esters is 1. The Bertz CT molecular complexity index is 414. The SMILES string of the molecule is CCOC(=O)C(O)c1ccccc1OC1COC1. The van der Waals surface area contributed by atoms with Crippen LogP contribution in [0.3, 0.4) is 0 Å². The number of aliphatic hydroxyl groups is 1. The lowest BCUT2D eigenvalue weighted by Gasteiger charge is -2.28. The molecule has 0 aromatic heterocycles. The average molecular weight is 252 g/mol. The van der Waals surface area contributed by atoms with Crippen LogP contribution in [0.2, 0.25) is 0 Å². The molecule has 1 heterocycles. The molecule has 1 fully saturated rings. The van der Waals surface area contributed by atoms with Gasteiger partial charge in [0.15, 0.2) is 6.10 Å². The summed E-state index contributed by atoms with van der Waals surface area (Å²) in [7, 11) is 0. The maximum Gasteiger partial charge on any atom is 0.339 e. The second-order valence-corrected chi connectivity index (χ2v) is 3.97. The monoisotopic (exact) mass is 252 g/mol. The van der Waals surface area contributed by atoms with Crippen molar-refractivity contribution in [3.05, 3.63) is 29.8 Å². The molecule has 18 heavy (non-hydrogen) atoms. The smallest absolute Gasteiger partial charge is 0.339 e. The molecule has 1 aliphatic rings. The van der Waals surface area contributed by atoms with Crippen LogP contribution in [0.15, 0.2) is 24.3 Å². The maximum atomic E-state index is 11.5. The molecule has 1 saturated heterocycles. The molecule has 5 nitrogen and oxygen atoms in total. The molecule has 1 atom stereocenters. The fourth-order valence-electron chi connectivity index (χ4n) is 1.62. The van der Waals surface area contributed by atoms with Crippen molar-refractivity contribution in [1.82, 2.24) is 0 Å². The number of hydrogen-bond acceptors (Lipinski definition) is 5. The van der Waals surface area contributed by atoms with Crippen molar-refractivity contribution in [2.45, 2.75) is 19.1 Å². The molecule has 1 aliphatic heterocycles. The van der Waals surface area contributed by atoms with Crippen molar-refractivity contribution in [3.63, 3.8) is 0 Å². The predicted molar refractivity (Wildman–Crippen MR) is 63.3 cm³/mol. The van der Waals surface area contributed by atoms with E-state index in [9.17, 15) is 9.90 Å². The van der Waals surface area contributed by atoms with Crippen LogP contribution in [0.1, 0.15) is 18.6 Å². The maximum absolute atomic E-state index is 11.5. The van der Waals surface area contributed by atoms with Gasteiger partial charge >= 0.3 is 5.97 Å². The Balaban J connectivity index is 2.12. The van der Waals surface area contributed by atoms with E-state index in [1.165, 1.54) is 0 Å². The summed E-state index contributed by atoms with van der Waals surface area (Å²) in [6, 6.07) is 6.89. The zero-order valence-corrected chi connectivity index (χ0v) is 10.2. The Labute approximate surface area is 105 Å². The Kier molecular flexibility index (Phi) is 4.17. The third-order valence-electron chi connectivity index (χ3n) is 2.62. The van der Waals surface area contributed by atoms with E-state index >= 15 is 0 Å². The van der Waals surface area contributed by atoms with Gasteiger partial charge in [0.1, 0.15) is 11.9 Å². The van der Waals surface area contributed by atoms with Gasteiger partial charge in [-0.05, 0) is 13.0 Å². The molecular formula is C13H16O5. The van der Waals surface area contributed by atoms with Gasteiger partial charge in [0, 0.05) is 5.56 Å². The number of carbonyl (C=O) groups excluding carboxylic acids is 1. The summed E-state index contributed by atoms with van der Waals surface area (Å²) in [5, 5.41) is 9.92. The molecule has 1 aromatic carbocycles. The highest BCUT2D eigenvalue weighted by atomic mass is 16.6. The van der Waals surface area contributed by atoms with Crippen molar-refractivity contribution < 1.29 is 24.1 Å². The van der Waals surface area contributed by atoms with Gasteiger partial charge < -0.3 is 19.3 Å². The van der Waals surface area contributed by atoms with E-state index in [1.54, 1.807) is 31.2 Å². The molecule has 5 heteroatoms. The van der Waals surface area contributed by atoms with Crippen LogP contribution in [0.25, 0.3) is 0 Å². The van der Waals surface area contributed by atoms with E-state index in [4.69, 9.17) is 14.2 Å². The molecule has 1 unspecified atom stereocenters. The fraction of sp³-hybridized carbons (Fsp3) is 0.462. The Hall–Kier alpha value is -1.59. The molecule has 0 saturated carbocycles. The number of benzene rings is 1. The first-order valence-corrected chi connectivity index (χ1v) is 5.90. The van der Waals surface area contributed by atoms with Gasteiger partial charge in [-0.2, -0.15) is 0 Å². The van der Waals surface area contributed by atoms with Gasteiger partial charge in [-0.3, -0.25) is 0 Å². The Morgan fingerprint density at radius 2 is 2.22 bits per heavy atom. The lowest BCUT2D eigenvalue weighted by atomic mass is 10.1. The molecule has 98 valence electrons. The topological polar surface area (TPSA) is 65.0 Å². The highest BCUT2D eigenvalue weighted by Gasteiger charge is 2.26. The summed E-state index contributed by atoms with van der Waals surface area (Å²) in [5.74, 6) is -0.176. The van der Waals surface area contributed by atoms with E-state index in [2.05, 4.69) is 0 Å². The van der Waals surface area contributed by atoms with Crippen LogP contribution < -0.4 is 4.74 Å².